The first-order chi connectivity index (χ1) is 34.2. The van der Waals surface area contributed by atoms with Gasteiger partial charge in [0.25, 0.3) is 17.7 Å². The first kappa shape index (κ1) is 45.0. The monoisotopic (exact) mass is 986 g/mol. The third-order valence-electron chi connectivity index (χ3n) is 15.3. The zero-order chi connectivity index (χ0) is 48.9. The number of aromatic nitrogens is 5. The van der Waals surface area contributed by atoms with E-state index in [1.54, 1.807) is 63.7 Å². The number of hydrogen-bond acceptors (Lipinski definition) is 11. The van der Waals surface area contributed by atoms with E-state index < -0.39 is 48.1 Å². The number of alkyl halides is 2. The van der Waals surface area contributed by atoms with Crippen LogP contribution in [0.5, 0.6) is 0 Å². The summed E-state index contributed by atoms with van der Waals surface area (Å²) < 4.78 is 51.5. The average molecular weight is 987 g/mol. The molecule has 0 radical (unpaired) electrons. The van der Waals surface area contributed by atoms with E-state index in [2.05, 4.69) is 30.6 Å². The van der Waals surface area contributed by atoms with Crippen LogP contribution >= 0.6 is 11.3 Å². The molecule has 0 bridgehead atoms. The van der Waals surface area contributed by atoms with Gasteiger partial charge >= 0.3 is 6.03 Å². The second-order valence-electron chi connectivity index (χ2n) is 19.8. The summed E-state index contributed by atoms with van der Waals surface area (Å²) in [6, 6.07) is 14.3. The van der Waals surface area contributed by atoms with E-state index in [1.807, 2.05) is 28.8 Å². The van der Waals surface area contributed by atoms with E-state index in [1.165, 1.54) is 27.2 Å². The van der Waals surface area contributed by atoms with Crippen molar-refractivity contribution in [1.82, 2.24) is 44.3 Å². The number of hydrogen-bond donors (Lipinski definition) is 2. The highest BCUT2D eigenvalue weighted by Gasteiger charge is 2.50. The fourth-order valence-corrected chi connectivity index (χ4v) is 12.2. The molecule has 9 heterocycles. The molecule has 2 unspecified atom stereocenters. The van der Waals surface area contributed by atoms with Crippen molar-refractivity contribution in [1.29, 1.82) is 0 Å². The topological polar surface area (TPSA) is 174 Å². The molecule has 6 aliphatic heterocycles. The van der Waals surface area contributed by atoms with E-state index in [-0.39, 0.29) is 60.8 Å². The molecule has 0 aliphatic carbocycles. The number of benzene rings is 3. The molecule has 6 aromatic rings. The molecule has 366 valence electrons. The highest BCUT2D eigenvalue weighted by Crippen LogP contribution is 2.45. The zero-order valence-corrected chi connectivity index (χ0v) is 39.6. The summed E-state index contributed by atoms with van der Waals surface area (Å²) in [5.41, 5.74) is 5.00. The van der Waals surface area contributed by atoms with Gasteiger partial charge in [0.1, 0.15) is 5.82 Å². The second-order valence-corrected chi connectivity index (χ2v) is 20.7. The maximum atomic E-state index is 16.0. The first-order valence-corrected chi connectivity index (χ1v) is 24.8. The summed E-state index contributed by atoms with van der Waals surface area (Å²) >= 11 is 1.26. The van der Waals surface area contributed by atoms with Gasteiger partial charge in [0.05, 0.1) is 43.1 Å². The average Bonchev–Trinajstić information content (AvgIpc) is 4.21. The van der Waals surface area contributed by atoms with Crippen LogP contribution < -0.4 is 20.4 Å². The van der Waals surface area contributed by atoms with E-state index in [4.69, 9.17) is 0 Å². The molecule has 12 rings (SSSR count). The lowest BCUT2D eigenvalue weighted by molar-refractivity contribution is -0.135. The van der Waals surface area contributed by atoms with Gasteiger partial charge in [0.15, 0.2) is 17.0 Å². The van der Waals surface area contributed by atoms with Crippen LogP contribution in [0.2, 0.25) is 0 Å². The summed E-state index contributed by atoms with van der Waals surface area (Å²) in [6.07, 6.45) is 6.00. The number of halogens is 3. The van der Waals surface area contributed by atoms with Crippen LogP contribution in [0.25, 0.3) is 22.0 Å². The standard InChI is InChI=1S/C50H49F3N12O5S/c1-59-39-21-30(6-9-33(39)44(58-59)64-16-11-40(66)56-48(64)70)36-10-15-60(27-50(36,52)53)23-41(67)61-17-12-49(24-61)25-63(26-49)32-7-4-29(5-8-32)31-19-34-35(37(51)20-31)22-65(46(34)69)43(45(68)57-47-54-13-18-71-47)42-38-3-2-14-62(38)28-55-42/h4-9,13,18-21,28,36,43H,2-3,10-12,14-17,22-27H2,1H3,(H,54,57,68)(H,56,66,70). The maximum Gasteiger partial charge on any atom is 0.329 e. The van der Waals surface area contributed by atoms with Gasteiger partial charge in [-0.1, -0.05) is 18.2 Å². The van der Waals surface area contributed by atoms with E-state index in [0.29, 0.717) is 58.3 Å². The second kappa shape index (κ2) is 17.0. The molecule has 0 saturated carbocycles. The number of fused-ring (bicyclic) bond motifs is 3. The van der Waals surface area contributed by atoms with E-state index in [9.17, 15) is 24.0 Å². The minimum absolute atomic E-state index is 0.0836. The van der Waals surface area contributed by atoms with Gasteiger partial charge in [0.2, 0.25) is 11.8 Å². The number of amides is 6. The van der Waals surface area contributed by atoms with Crippen LogP contribution in [-0.2, 0) is 40.9 Å². The Kier molecular flexibility index (Phi) is 10.8. The van der Waals surface area contributed by atoms with Crippen molar-refractivity contribution < 1.29 is 37.1 Å². The molecule has 4 saturated heterocycles. The molecule has 6 amide bonds. The molecule has 6 aliphatic rings. The van der Waals surface area contributed by atoms with Crippen molar-refractivity contribution in [3.05, 3.63) is 106 Å². The number of likely N-dealkylation sites (tertiary alicyclic amines) is 2. The number of nitrogens with zero attached hydrogens (tertiary/aromatic N) is 10. The van der Waals surface area contributed by atoms with Crippen molar-refractivity contribution in [3.8, 4) is 11.1 Å². The molecular weight excluding hydrogens is 938 g/mol. The quantitative estimate of drug-likeness (QED) is 0.168. The fourth-order valence-electron chi connectivity index (χ4n) is 11.7. The molecule has 3 aromatic heterocycles. The number of thiazole rings is 1. The number of carbonyl (C=O) groups is 5. The maximum absolute atomic E-state index is 16.0. The van der Waals surface area contributed by atoms with Crippen molar-refractivity contribution >= 4 is 68.5 Å². The summed E-state index contributed by atoms with van der Waals surface area (Å²) in [4.78, 5) is 83.1. The molecule has 71 heavy (non-hydrogen) atoms. The predicted molar refractivity (Wildman–Crippen MR) is 257 cm³/mol. The highest BCUT2D eigenvalue weighted by atomic mass is 32.1. The number of nitrogens with one attached hydrogen (secondary N) is 2. The number of imidazole rings is 1. The Labute approximate surface area is 409 Å². The van der Waals surface area contributed by atoms with Crippen LogP contribution in [0.15, 0.2) is 72.5 Å². The first-order valence-electron chi connectivity index (χ1n) is 23.9. The largest absolute Gasteiger partial charge is 0.370 e. The lowest BCUT2D eigenvalue weighted by Crippen LogP contribution is -2.58. The highest BCUT2D eigenvalue weighted by molar-refractivity contribution is 7.13. The third kappa shape index (κ3) is 7.89. The Morgan fingerprint density at radius 1 is 0.944 bits per heavy atom. The van der Waals surface area contributed by atoms with Gasteiger partial charge in [-0.25, -0.2) is 27.9 Å². The lowest BCUT2D eigenvalue weighted by atomic mass is 9.78. The molecule has 21 heteroatoms. The number of rotatable bonds is 10. The van der Waals surface area contributed by atoms with Crippen molar-refractivity contribution in [2.24, 2.45) is 12.5 Å². The minimum Gasteiger partial charge on any atom is -0.370 e. The molecule has 4 fully saturated rings. The number of aryl methyl sites for hydroxylation is 2. The number of piperidine rings is 1. The molecular formula is C50H49F3N12O5S. The number of urea groups is 1. The Morgan fingerprint density at radius 2 is 1.77 bits per heavy atom. The van der Waals surface area contributed by atoms with Crippen LogP contribution in [0.3, 0.4) is 0 Å². The number of carbonyl (C=O) groups excluding carboxylic acids is 5. The molecule has 2 atom stereocenters. The SMILES string of the molecule is Cn1nc(N2CCC(=O)NC2=O)c2ccc(C3CCN(CC(=O)N4CCC5(C4)CN(c4ccc(-c6cc(F)c7c(c6)C(=O)N(C(C(=O)Nc6nccs6)c6ncn8c6CCC8)C7)cc4)C5)CC3(F)F)cc21. The van der Waals surface area contributed by atoms with Crippen LogP contribution in [0.1, 0.15) is 70.5 Å². The minimum atomic E-state index is -3.10. The summed E-state index contributed by atoms with van der Waals surface area (Å²) in [7, 11) is 1.69. The van der Waals surface area contributed by atoms with E-state index in [0.717, 1.165) is 55.8 Å². The Hall–Kier alpha value is -7.13. The van der Waals surface area contributed by atoms with Gasteiger partial charge in [-0.15, -0.1) is 11.3 Å². The molecule has 2 N–H and O–H groups in total. The van der Waals surface area contributed by atoms with Gasteiger partial charge in [-0.2, -0.15) is 5.10 Å². The van der Waals surface area contributed by atoms with Crippen molar-refractivity contribution in [3.63, 3.8) is 0 Å². The van der Waals surface area contributed by atoms with Crippen molar-refractivity contribution in [2.75, 3.05) is 67.5 Å². The summed E-state index contributed by atoms with van der Waals surface area (Å²) in [5.74, 6) is -5.76. The smallest absolute Gasteiger partial charge is 0.329 e. The summed E-state index contributed by atoms with van der Waals surface area (Å²) in [5, 5.41) is 12.4. The lowest BCUT2D eigenvalue weighted by Gasteiger charge is -2.49. The Bertz CT molecular complexity index is 3170. The summed E-state index contributed by atoms with van der Waals surface area (Å²) in [6.45, 7) is 3.12. The molecule has 17 nitrogen and oxygen atoms in total. The van der Waals surface area contributed by atoms with Gasteiger partial charge in [-0.3, -0.25) is 44.3 Å². The molecule has 3 aromatic carbocycles. The van der Waals surface area contributed by atoms with E-state index >= 15 is 13.2 Å². The Balaban J connectivity index is 0.661. The predicted octanol–water partition coefficient (Wildman–Crippen LogP) is 5.92. The van der Waals surface area contributed by atoms with Gasteiger partial charge in [-0.05, 0) is 85.3 Å². The Morgan fingerprint density at radius 3 is 2.55 bits per heavy atom. The molecule has 1 spiro atoms. The van der Waals surface area contributed by atoms with Crippen LogP contribution in [-0.4, -0.2) is 127 Å². The normalized spacial score (nSPS) is 21.0. The van der Waals surface area contributed by atoms with Crippen LogP contribution in [0, 0.1) is 11.2 Å². The van der Waals surface area contributed by atoms with Gasteiger partial charge in [0, 0.05) is 97.6 Å². The zero-order valence-electron chi connectivity index (χ0n) is 38.7. The van der Waals surface area contributed by atoms with Gasteiger partial charge < -0.3 is 19.3 Å². The fraction of sp³-hybridized carbons (Fsp3) is 0.400. The third-order valence-corrected chi connectivity index (χ3v) is 16.0. The van der Waals surface area contributed by atoms with Crippen molar-refractivity contribution in [2.45, 2.75) is 63.1 Å². The number of anilines is 3. The number of imide groups is 1. The van der Waals surface area contributed by atoms with Crippen LogP contribution in [0.4, 0.5) is 34.6 Å².